The Kier molecular flexibility index (Phi) is 5.04. The van der Waals surface area contributed by atoms with Crippen molar-refractivity contribution in [1.29, 1.82) is 0 Å². The summed E-state index contributed by atoms with van der Waals surface area (Å²) in [5, 5.41) is 4.83. The van der Waals surface area contributed by atoms with Gasteiger partial charge in [0.25, 0.3) is 0 Å². The minimum Gasteiger partial charge on any atom is -0.456 e. The third kappa shape index (κ3) is 3.48. The lowest BCUT2D eigenvalue weighted by Gasteiger charge is -2.27. The van der Waals surface area contributed by atoms with Gasteiger partial charge >= 0.3 is 0 Å². The number of para-hydroxylation sites is 2. The molecule has 8 aromatic rings. The SMILES string of the molecule is c1ccc(-c2ccc(N(c3ccccc3)c3cccc4oc5ccccc5c34)c3sc4ccccc4c23)cc1. The van der Waals surface area contributed by atoms with Gasteiger partial charge < -0.3 is 9.32 Å². The van der Waals surface area contributed by atoms with Crippen molar-refractivity contribution < 1.29 is 4.42 Å². The van der Waals surface area contributed by atoms with Crippen LogP contribution in [-0.4, -0.2) is 0 Å². The van der Waals surface area contributed by atoms with E-state index in [1.807, 2.05) is 23.5 Å². The Labute approximate surface area is 230 Å². The van der Waals surface area contributed by atoms with E-state index in [1.54, 1.807) is 0 Å². The highest BCUT2D eigenvalue weighted by molar-refractivity contribution is 7.26. The zero-order chi connectivity index (χ0) is 25.8. The standard InChI is InChI=1S/C36H23NOS/c1-3-12-24(13-4-1)26-22-23-30(36-34(26)28-17-8-10-21-33(28)39-36)37(25-14-5-2-6-15-25)29-18-11-20-32-35(29)27-16-7-9-19-31(27)38-32/h1-23H. The maximum atomic E-state index is 6.30. The van der Waals surface area contributed by atoms with Gasteiger partial charge in [-0.1, -0.05) is 97.1 Å². The molecular formula is C36H23NOS. The Morgan fingerprint density at radius 2 is 1.18 bits per heavy atom. The van der Waals surface area contributed by atoms with E-state index >= 15 is 0 Å². The molecule has 0 saturated carbocycles. The molecular weight excluding hydrogens is 494 g/mol. The van der Waals surface area contributed by atoms with Crippen LogP contribution in [0, 0.1) is 0 Å². The molecule has 0 bridgehead atoms. The van der Waals surface area contributed by atoms with E-state index in [1.165, 1.54) is 31.3 Å². The molecule has 8 rings (SSSR count). The summed E-state index contributed by atoms with van der Waals surface area (Å²) >= 11 is 1.86. The molecule has 0 aliphatic rings. The van der Waals surface area contributed by atoms with E-state index in [0.717, 1.165) is 39.0 Å². The molecule has 0 aliphatic carbocycles. The molecule has 0 spiro atoms. The molecule has 184 valence electrons. The first-order valence-electron chi connectivity index (χ1n) is 13.1. The van der Waals surface area contributed by atoms with Crippen molar-refractivity contribution in [3.8, 4) is 11.1 Å². The van der Waals surface area contributed by atoms with Gasteiger partial charge in [0.1, 0.15) is 11.2 Å². The molecule has 2 heterocycles. The molecule has 0 fully saturated rings. The average Bonchev–Trinajstić information content (AvgIpc) is 3.58. The van der Waals surface area contributed by atoms with E-state index in [9.17, 15) is 0 Å². The predicted octanol–water partition coefficient (Wildman–Crippen LogP) is 11.1. The van der Waals surface area contributed by atoms with Gasteiger partial charge in [-0.2, -0.15) is 0 Å². The number of anilines is 3. The zero-order valence-electron chi connectivity index (χ0n) is 21.0. The Balaban J connectivity index is 1.49. The number of nitrogens with zero attached hydrogens (tertiary/aromatic N) is 1. The molecule has 39 heavy (non-hydrogen) atoms. The first-order chi connectivity index (χ1) is 19.4. The summed E-state index contributed by atoms with van der Waals surface area (Å²) < 4.78 is 8.86. The fraction of sp³-hybridized carbons (Fsp3) is 0. The van der Waals surface area contributed by atoms with Gasteiger partial charge in [0.05, 0.1) is 21.5 Å². The first kappa shape index (κ1) is 22.2. The van der Waals surface area contributed by atoms with E-state index in [-0.39, 0.29) is 0 Å². The molecule has 0 atom stereocenters. The third-order valence-electron chi connectivity index (χ3n) is 7.47. The molecule has 0 radical (unpaired) electrons. The Hall–Kier alpha value is -4.86. The highest BCUT2D eigenvalue weighted by atomic mass is 32.1. The van der Waals surface area contributed by atoms with Crippen molar-refractivity contribution in [2.24, 2.45) is 0 Å². The number of hydrogen-bond acceptors (Lipinski definition) is 3. The van der Waals surface area contributed by atoms with Crippen LogP contribution >= 0.6 is 11.3 Å². The number of thiophene rings is 1. The van der Waals surface area contributed by atoms with Crippen LogP contribution in [0.2, 0.25) is 0 Å². The third-order valence-corrected chi connectivity index (χ3v) is 8.66. The predicted molar refractivity (Wildman–Crippen MR) is 167 cm³/mol. The Morgan fingerprint density at radius 1 is 0.487 bits per heavy atom. The monoisotopic (exact) mass is 517 g/mol. The lowest BCUT2D eigenvalue weighted by molar-refractivity contribution is 0.669. The summed E-state index contributed by atoms with van der Waals surface area (Å²) in [6.45, 7) is 0. The van der Waals surface area contributed by atoms with Gasteiger partial charge in [-0.25, -0.2) is 0 Å². The maximum Gasteiger partial charge on any atom is 0.137 e. The van der Waals surface area contributed by atoms with Crippen LogP contribution in [0.15, 0.2) is 144 Å². The second-order valence-electron chi connectivity index (χ2n) is 9.72. The topological polar surface area (TPSA) is 16.4 Å². The van der Waals surface area contributed by atoms with Crippen molar-refractivity contribution in [3.63, 3.8) is 0 Å². The van der Waals surface area contributed by atoms with Crippen LogP contribution < -0.4 is 4.90 Å². The zero-order valence-corrected chi connectivity index (χ0v) is 21.9. The summed E-state index contributed by atoms with van der Waals surface area (Å²) in [7, 11) is 0. The van der Waals surface area contributed by atoms with Crippen molar-refractivity contribution in [2.75, 3.05) is 4.90 Å². The molecule has 0 N–H and O–H groups in total. The quantitative estimate of drug-likeness (QED) is 0.231. The van der Waals surface area contributed by atoms with Gasteiger partial charge in [-0.05, 0) is 53.6 Å². The maximum absolute atomic E-state index is 6.30. The molecule has 0 saturated heterocycles. The van der Waals surface area contributed by atoms with Gasteiger partial charge in [0, 0.05) is 26.5 Å². The summed E-state index contributed by atoms with van der Waals surface area (Å²) in [5.74, 6) is 0. The van der Waals surface area contributed by atoms with Crippen molar-refractivity contribution in [3.05, 3.63) is 140 Å². The van der Waals surface area contributed by atoms with Gasteiger partial charge in [-0.3, -0.25) is 0 Å². The minimum atomic E-state index is 0.892. The molecule has 2 aromatic heterocycles. The lowest BCUT2D eigenvalue weighted by atomic mass is 9.98. The van der Waals surface area contributed by atoms with Crippen molar-refractivity contribution in [2.45, 2.75) is 0 Å². The molecule has 3 heteroatoms. The largest absolute Gasteiger partial charge is 0.456 e. The van der Waals surface area contributed by atoms with Crippen molar-refractivity contribution >= 4 is 70.5 Å². The highest BCUT2D eigenvalue weighted by Gasteiger charge is 2.23. The van der Waals surface area contributed by atoms with E-state index in [2.05, 4.69) is 132 Å². The number of furan rings is 1. The fourth-order valence-corrected chi connectivity index (χ4v) is 7.01. The van der Waals surface area contributed by atoms with Crippen LogP contribution in [0.4, 0.5) is 17.1 Å². The number of fused-ring (bicyclic) bond motifs is 6. The first-order valence-corrected chi connectivity index (χ1v) is 13.9. The normalized spacial score (nSPS) is 11.6. The fourth-order valence-electron chi connectivity index (χ4n) is 5.78. The number of benzene rings is 6. The van der Waals surface area contributed by atoms with Crippen LogP contribution in [0.5, 0.6) is 0 Å². The Morgan fingerprint density at radius 3 is 2.03 bits per heavy atom. The lowest BCUT2D eigenvalue weighted by Crippen LogP contribution is -2.10. The van der Waals surface area contributed by atoms with Crippen LogP contribution in [0.25, 0.3) is 53.2 Å². The van der Waals surface area contributed by atoms with Gasteiger partial charge in [0.15, 0.2) is 0 Å². The summed E-state index contributed by atoms with van der Waals surface area (Å²) in [4.78, 5) is 2.40. The minimum absolute atomic E-state index is 0.892. The second-order valence-corrected chi connectivity index (χ2v) is 10.8. The van der Waals surface area contributed by atoms with E-state index in [4.69, 9.17) is 4.42 Å². The second kappa shape index (κ2) is 8.87. The van der Waals surface area contributed by atoms with E-state index < -0.39 is 0 Å². The smallest absolute Gasteiger partial charge is 0.137 e. The van der Waals surface area contributed by atoms with Crippen LogP contribution in [0.3, 0.4) is 0 Å². The summed E-state index contributed by atoms with van der Waals surface area (Å²) in [6.07, 6.45) is 0. The van der Waals surface area contributed by atoms with E-state index in [0.29, 0.717) is 0 Å². The summed E-state index contributed by atoms with van der Waals surface area (Å²) in [5.41, 5.74) is 7.66. The number of rotatable bonds is 4. The molecule has 0 aliphatic heterocycles. The molecule has 0 amide bonds. The molecule has 2 nitrogen and oxygen atoms in total. The number of hydrogen-bond donors (Lipinski definition) is 0. The van der Waals surface area contributed by atoms with Crippen LogP contribution in [0.1, 0.15) is 0 Å². The van der Waals surface area contributed by atoms with Gasteiger partial charge in [0.2, 0.25) is 0 Å². The summed E-state index contributed by atoms with van der Waals surface area (Å²) in [6, 6.07) is 49.4. The van der Waals surface area contributed by atoms with Crippen LogP contribution in [-0.2, 0) is 0 Å². The molecule has 6 aromatic carbocycles. The average molecular weight is 518 g/mol. The van der Waals surface area contributed by atoms with Gasteiger partial charge in [-0.15, -0.1) is 11.3 Å². The molecule has 0 unspecified atom stereocenters. The Bertz CT molecular complexity index is 2120. The highest BCUT2D eigenvalue weighted by Crippen LogP contribution is 2.50. The van der Waals surface area contributed by atoms with Crippen molar-refractivity contribution in [1.82, 2.24) is 0 Å².